The lowest BCUT2D eigenvalue weighted by Crippen LogP contribution is -2.44. The summed E-state index contributed by atoms with van der Waals surface area (Å²) in [6, 6.07) is 19.9. The molecular formula is C28H26F3N3O2. The number of piperidine rings is 1. The van der Waals surface area contributed by atoms with Crippen molar-refractivity contribution < 1.29 is 22.7 Å². The maximum absolute atomic E-state index is 12.7. The number of amides is 2. The zero-order valence-corrected chi connectivity index (χ0v) is 19.5. The van der Waals surface area contributed by atoms with Gasteiger partial charge in [0.15, 0.2) is 0 Å². The topological polar surface area (TPSA) is 54.5 Å². The molecule has 3 aromatic rings. The Kier molecular flexibility index (Phi) is 6.67. The first-order valence-electron chi connectivity index (χ1n) is 12.0. The van der Waals surface area contributed by atoms with Crippen molar-refractivity contribution in [1.82, 2.24) is 15.2 Å². The van der Waals surface area contributed by atoms with Crippen molar-refractivity contribution in [2.24, 2.45) is 0 Å². The molecule has 1 N–H and O–H groups in total. The van der Waals surface area contributed by atoms with E-state index in [0.717, 1.165) is 37.1 Å². The van der Waals surface area contributed by atoms with Crippen molar-refractivity contribution >= 4 is 12.1 Å². The minimum absolute atomic E-state index is 0.00285. The van der Waals surface area contributed by atoms with E-state index in [9.17, 15) is 18.0 Å². The highest BCUT2D eigenvalue weighted by Gasteiger charge is 2.40. The lowest BCUT2D eigenvalue weighted by molar-refractivity contribution is -0.137. The Labute approximate surface area is 207 Å². The molecule has 36 heavy (non-hydrogen) atoms. The van der Waals surface area contributed by atoms with E-state index in [4.69, 9.17) is 4.74 Å². The summed E-state index contributed by atoms with van der Waals surface area (Å²) in [5, 5.41) is 3.16. The number of rotatable bonds is 5. The highest BCUT2D eigenvalue weighted by molar-refractivity contribution is 5.75. The number of urea groups is 1. The van der Waals surface area contributed by atoms with Gasteiger partial charge in [-0.2, -0.15) is 13.2 Å². The molecule has 5 nitrogen and oxygen atoms in total. The van der Waals surface area contributed by atoms with E-state index in [1.165, 1.54) is 17.2 Å². The third kappa shape index (κ3) is 5.87. The summed E-state index contributed by atoms with van der Waals surface area (Å²) in [5.74, 6) is 0.991. The Bertz CT molecular complexity index is 1230. The normalized spacial score (nSPS) is 19.5. The summed E-state index contributed by atoms with van der Waals surface area (Å²) in [7, 11) is 0. The molecule has 1 aliphatic heterocycles. The quantitative estimate of drug-likeness (QED) is 0.434. The molecule has 0 spiro atoms. The van der Waals surface area contributed by atoms with Crippen LogP contribution in [0, 0.1) is 0 Å². The van der Waals surface area contributed by atoms with Crippen LogP contribution < -0.4 is 10.1 Å². The molecule has 2 fully saturated rings. The van der Waals surface area contributed by atoms with Gasteiger partial charge in [0.2, 0.25) is 5.88 Å². The fourth-order valence-corrected chi connectivity index (χ4v) is 4.45. The number of aromatic nitrogens is 1. The highest BCUT2D eigenvalue weighted by Crippen LogP contribution is 2.40. The first kappa shape index (κ1) is 23.9. The average Bonchev–Trinajstić information content (AvgIpc) is 3.64. The lowest BCUT2D eigenvalue weighted by Gasteiger charge is -2.28. The number of hydrogen-bond donors (Lipinski definition) is 1. The fourth-order valence-electron chi connectivity index (χ4n) is 4.45. The highest BCUT2D eigenvalue weighted by atomic mass is 19.4. The van der Waals surface area contributed by atoms with Crippen LogP contribution in [0.1, 0.15) is 41.9 Å². The molecule has 0 bridgehead atoms. The summed E-state index contributed by atoms with van der Waals surface area (Å²) in [5.41, 5.74) is 2.61. The third-order valence-electron chi connectivity index (χ3n) is 6.53. The molecule has 186 valence electrons. The van der Waals surface area contributed by atoms with Crippen molar-refractivity contribution in [2.75, 3.05) is 13.1 Å². The van der Waals surface area contributed by atoms with Crippen LogP contribution in [0.15, 0.2) is 78.5 Å². The zero-order chi connectivity index (χ0) is 25.1. The minimum Gasteiger partial charge on any atom is -0.439 e. The Morgan fingerprint density at radius 3 is 2.50 bits per heavy atom. The number of carbonyl (C=O) groups excluding carboxylic acids is 1. The van der Waals surface area contributed by atoms with Gasteiger partial charge in [0.1, 0.15) is 5.75 Å². The van der Waals surface area contributed by atoms with E-state index in [1.807, 2.05) is 41.3 Å². The number of halogens is 3. The van der Waals surface area contributed by atoms with Crippen LogP contribution >= 0.6 is 0 Å². The van der Waals surface area contributed by atoms with Crippen LogP contribution in [0.4, 0.5) is 18.0 Å². The SMILES string of the molecule is O=C(N[C@H]1C[C@@H]1c1ccccc1)N1CCC(=Cc2cccc(Oc3ccc(C(F)(F)F)cn3)c2)CC1. The maximum Gasteiger partial charge on any atom is 0.417 e. The molecule has 0 unspecified atom stereocenters. The number of nitrogens with one attached hydrogen (secondary N) is 1. The van der Waals surface area contributed by atoms with Gasteiger partial charge in [0.05, 0.1) is 5.56 Å². The van der Waals surface area contributed by atoms with E-state index >= 15 is 0 Å². The second-order valence-corrected chi connectivity index (χ2v) is 9.16. The van der Waals surface area contributed by atoms with Gasteiger partial charge in [-0.25, -0.2) is 9.78 Å². The maximum atomic E-state index is 12.7. The van der Waals surface area contributed by atoms with E-state index < -0.39 is 11.7 Å². The van der Waals surface area contributed by atoms with Gasteiger partial charge in [-0.05, 0) is 48.6 Å². The van der Waals surface area contributed by atoms with Crippen molar-refractivity contribution in [2.45, 2.75) is 37.4 Å². The molecule has 2 atom stereocenters. The van der Waals surface area contributed by atoms with Gasteiger partial charge in [-0.1, -0.05) is 54.1 Å². The summed E-state index contributed by atoms with van der Waals surface area (Å²) in [6.45, 7) is 1.32. The number of benzene rings is 2. The largest absolute Gasteiger partial charge is 0.439 e. The molecule has 2 aromatic carbocycles. The Morgan fingerprint density at radius 2 is 1.81 bits per heavy atom. The molecule has 5 rings (SSSR count). The molecule has 8 heteroatoms. The fraction of sp³-hybridized carbons (Fsp3) is 0.286. The second kappa shape index (κ2) is 10.0. The number of hydrogen-bond acceptors (Lipinski definition) is 3. The Morgan fingerprint density at radius 1 is 1.03 bits per heavy atom. The average molecular weight is 494 g/mol. The number of pyridine rings is 1. The van der Waals surface area contributed by atoms with Crippen molar-refractivity contribution in [3.8, 4) is 11.6 Å². The number of carbonyl (C=O) groups is 1. The lowest BCUT2D eigenvalue weighted by atomic mass is 10.0. The van der Waals surface area contributed by atoms with Crippen LogP contribution in [0.5, 0.6) is 11.6 Å². The molecule has 1 saturated heterocycles. The van der Waals surface area contributed by atoms with E-state index in [1.54, 1.807) is 6.07 Å². The molecule has 1 saturated carbocycles. The molecule has 1 aliphatic carbocycles. The molecular weight excluding hydrogens is 467 g/mol. The predicted molar refractivity (Wildman–Crippen MR) is 131 cm³/mol. The van der Waals surface area contributed by atoms with E-state index in [0.29, 0.717) is 24.8 Å². The van der Waals surface area contributed by atoms with Crippen molar-refractivity contribution in [3.63, 3.8) is 0 Å². The first-order chi connectivity index (χ1) is 17.3. The van der Waals surface area contributed by atoms with Crippen molar-refractivity contribution in [3.05, 3.63) is 95.2 Å². The standard InChI is InChI=1S/C28H26F3N3O2/c29-28(30,31)22-9-10-26(32-18-22)36-23-8-4-5-20(16-23)15-19-11-13-34(14-12-19)27(35)33-25-17-24(25)21-6-2-1-3-7-21/h1-10,15-16,18,24-25H,11-14,17H2,(H,33,35)/t24-,25+/m1/s1. The van der Waals surface area contributed by atoms with Crippen LogP contribution in [0.25, 0.3) is 6.08 Å². The van der Waals surface area contributed by atoms with Gasteiger partial charge in [0, 0.05) is 37.3 Å². The Hall–Kier alpha value is -3.81. The van der Waals surface area contributed by atoms with Gasteiger partial charge in [0.25, 0.3) is 0 Å². The first-order valence-corrected chi connectivity index (χ1v) is 12.0. The molecule has 1 aromatic heterocycles. The van der Waals surface area contributed by atoms with Gasteiger partial charge < -0.3 is 15.0 Å². The molecule has 0 radical (unpaired) electrons. The monoisotopic (exact) mass is 493 g/mol. The van der Waals surface area contributed by atoms with Crippen LogP contribution in [0.2, 0.25) is 0 Å². The zero-order valence-electron chi connectivity index (χ0n) is 19.5. The smallest absolute Gasteiger partial charge is 0.417 e. The summed E-state index contributed by atoms with van der Waals surface area (Å²) in [4.78, 5) is 18.3. The van der Waals surface area contributed by atoms with Crippen LogP contribution in [0.3, 0.4) is 0 Å². The van der Waals surface area contributed by atoms with E-state index in [2.05, 4.69) is 28.5 Å². The van der Waals surface area contributed by atoms with Gasteiger partial charge in [-0.3, -0.25) is 0 Å². The van der Waals surface area contributed by atoms with Crippen molar-refractivity contribution in [1.29, 1.82) is 0 Å². The Balaban J connectivity index is 1.13. The summed E-state index contributed by atoms with van der Waals surface area (Å²) < 4.78 is 43.8. The second-order valence-electron chi connectivity index (χ2n) is 9.16. The van der Waals surface area contributed by atoms with Crippen LogP contribution in [-0.4, -0.2) is 35.0 Å². The minimum atomic E-state index is -4.43. The number of alkyl halides is 3. The van der Waals surface area contributed by atoms with Gasteiger partial charge in [-0.15, -0.1) is 0 Å². The van der Waals surface area contributed by atoms with Gasteiger partial charge >= 0.3 is 12.2 Å². The van der Waals surface area contributed by atoms with Crippen LogP contribution in [-0.2, 0) is 6.18 Å². The summed E-state index contributed by atoms with van der Waals surface area (Å²) >= 11 is 0. The summed E-state index contributed by atoms with van der Waals surface area (Å²) in [6.07, 6.45) is 0.952. The molecule has 2 amide bonds. The predicted octanol–water partition coefficient (Wildman–Crippen LogP) is 6.64. The number of nitrogens with zero attached hydrogens (tertiary/aromatic N) is 2. The number of ether oxygens (including phenoxy) is 1. The third-order valence-corrected chi connectivity index (χ3v) is 6.53. The molecule has 2 aliphatic rings. The number of likely N-dealkylation sites (tertiary alicyclic amines) is 1. The van der Waals surface area contributed by atoms with E-state index in [-0.39, 0.29) is 18.0 Å². The molecule has 2 heterocycles.